The van der Waals surface area contributed by atoms with Crippen LogP contribution >= 0.6 is 27.7 Å². The molecular formula is C20H23BrN2O5S. The molecule has 0 aliphatic carbocycles. The molecule has 2 aliphatic heterocycles. The first-order valence-corrected chi connectivity index (χ1v) is 11.0. The SMILES string of the molecule is CC(C)COc1ccc(/C=C2/SC(=O)N(CC(=O)N3CCOCC3)C2=O)cc1Br. The van der Waals surface area contributed by atoms with E-state index in [1.165, 1.54) is 0 Å². The molecular weight excluding hydrogens is 460 g/mol. The number of hydrogen-bond donors (Lipinski definition) is 0. The number of imide groups is 1. The van der Waals surface area contributed by atoms with E-state index in [-0.39, 0.29) is 12.5 Å². The van der Waals surface area contributed by atoms with Crippen molar-refractivity contribution in [2.75, 3.05) is 39.5 Å². The minimum absolute atomic E-state index is 0.242. The van der Waals surface area contributed by atoms with Gasteiger partial charge in [-0.1, -0.05) is 19.9 Å². The lowest BCUT2D eigenvalue weighted by atomic mass is 10.2. The fourth-order valence-electron chi connectivity index (χ4n) is 2.82. The van der Waals surface area contributed by atoms with Crippen molar-refractivity contribution in [3.8, 4) is 5.75 Å². The number of amides is 3. The number of carbonyl (C=O) groups excluding carboxylic acids is 3. The maximum atomic E-state index is 12.7. The van der Waals surface area contributed by atoms with E-state index < -0.39 is 11.1 Å². The lowest BCUT2D eigenvalue weighted by Crippen LogP contribution is -2.46. The van der Waals surface area contributed by atoms with Crippen LogP contribution in [0.2, 0.25) is 0 Å². The summed E-state index contributed by atoms with van der Waals surface area (Å²) in [4.78, 5) is 40.2. The zero-order valence-electron chi connectivity index (χ0n) is 16.4. The number of rotatable bonds is 6. The van der Waals surface area contributed by atoms with Gasteiger partial charge in [0, 0.05) is 13.1 Å². The van der Waals surface area contributed by atoms with Crippen molar-refractivity contribution >= 4 is 50.8 Å². The molecule has 0 atom stereocenters. The normalized spacial score (nSPS) is 18.8. The highest BCUT2D eigenvalue weighted by molar-refractivity contribution is 9.10. The van der Waals surface area contributed by atoms with Crippen molar-refractivity contribution in [3.63, 3.8) is 0 Å². The van der Waals surface area contributed by atoms with Crippen molar-refractivity contribution < 1.29 is 23.9 Å². The first-order valence-electron chi connectivity index (χ1n) is 9.38. The Kier molecular flexibility index (Phi) is 7.37. The van der Waals surface area contributed by atoms with E-state index in [4.69, 9.17) is 9.47 Å². The third-order valence-corrected chi connectivity index (χ3v) is 5.88. The van der Waals surface area contributed by atoms with Crippen molar-refractivity contribution in [1.82, 2.24) is 9.80 Å². The van der Waals surface area contributed by atoms with E-state index >= 15 is 0 Å². The Bertz CT molecular complexity index is 836. The monoisotopic (exact) mass is 482 g/mol. The first-order chi connectivity index (χ1) is 13.8. The van der Waals surface area contributed by atoms with Crippen molar-refractivity contribution in [2.45, 2.75) is 13.8 Å². The number of nitrogens with zero attached hydrogens (tertiary/aromatic N) is 2. The van der Waals surface area contributed by atoms with Gasteiger partial charge in [-0.3, -0.25) is 19.3 Å². The number of benzene rings is 1. The molecule has 0 unspecified atom stereocenters. The van der Waals surface area contributed by atoms with Crippen molar-refractivity contribution in [3.05, 3.63) is 33.1 Å². The number of hydrogen-bond acceptors (Lipinski definition) is 6. The van der Waals surface area contributed by atoms with Gasteiger partial charge in [0.2, 0.25) is 5.91 Å². The smallest absolute Gasteiger partial charge is 0.294 e. The first kappa shape index (κ1) is 21.9. The van der Waals surface area contributed by atoms with Gasteiger partial charge in [0.15, 0.2) is 0 Å². The lowest BCUT2D eigenvalue weighted by Gasteiger charge is -2.28. The lowest BCUT2D eigenvalue weighted by molar-refractivity contribution is -0.139. The molecule has 7 nitrogen and oxygen atoms in total. The molecule has 29 heavy (non-hydrogen) atoms. The summed E-state index contributed by atoms with van der Waals surface area (Å²) in [5.74, 6) is 0.442. The molecule has 1 aromatic rings. The summed E-state index contributed by atoms with van der Waals surface area (Å²) >= 11 is 4.32. The van der Waals surface area contributed by atoms with E-state index in [2.05, 4.69) is 29.8 Å². The number of halogens is 1. The molecule has 2 fully saturated rings. The van der Waals surface area contributed by atoms with Gasteiger partial charge in [0.25, 0.3) is 11.1 Å². The second kappa shape index (κ2) is 9.77. The average Bonchev–Trinajstić information content (AvgIpc) is 2.95. The zero-order valence-corrected chi connectivity index (χ0v) is 18.8. The van der Waals surface area contributed by atoms with E-state index in [1.54, 1.807) is 11.0 Å². The molecule has 2 saturated heterocycles. The van der Waals surface area contributed by atoms with E-state index in [9.17, 15) is 14.4 Å². The number of ether oxygens (including phenoxy) is 2. The molecule has 0 aromatic heterocycles. The maximum Gasteiger partial charge on any atom is 0.294 e. The molecule has 1 aromatic carbocycles. The average molecular weight is 483 g/mol. The zero-order chi connectivity index (χ0) is 21.0. The summed E-state index contributed by atoms with van der Waals surface area (Å²) in [5, 5.41) is -0.432. The molecule has 3 amide bonds. The fourth-order valence-corrected chi connectivity index (χ4v) is 4.17. The third-order valence-electron chi connectivity index (χ3n) is 4.36. The highest BCUT2D eigenvalue weighted by Crippen LogP contribution is 2.34. The van der Waals surface area contributed by atoms with Gasteiger partial charge in [-0.2, -0.15) is 0 Å². The Labute approximate surface area is 182 Å². The summed E-state index contributed by atoms with van der Waals surface area (Å²) in [6, 6.07) is 5.49. The standard InChI is InChI=1S/C20H23BrN2O5S/c1-13(2)12-28-16-4-3-14(9-15(16)21)10-17-19(25)23(20(26)29-17)11-18(24)22-5-7-27-8-6-22/h3-4,9-10,13H,5-8,11-12H2,1-2H3/b17-10+. The summed E-state index contributed by atoms with van der Waals surface area (Å²) in [5.41, 5.74) is 0.763. The van der Waals surface area contributed by atoms with Gasteiger partial charge >= 0.3 is 0 Å². The summed E-state index contributed by atoms with van der Waals surface area (Å²) < 4.78 is 11.7. The Hall–Kier alpha value is -1.84. The minimum Gasteiger partial charge on any atom is -0.492 e. The number of carbonyl (C=O) groups is 3. The van der Waals surface area contributed by atoms with Crippen LogP contribution in [0, 0.1) is 5.92 Å². The molecule has 0 N–H and O–H groups in total. The summed E-state index contributed by atoms with van der Waals surface area (Å²) in [6.45, 7) is 6.40. The molecule has 3 rings (SSSR count). The van der Waals surface area contributed by atoms with Gasteiger partial charge in [0.05, 0.1) is 29.2 Å². The predicted molar refractivity (Wildman–Crippen MR) is 115 cm³/mol. The highest BCUT2D eigenvalue weighted by Gasteiger charge is 2.37. The topological polar surface area (TPSA) is 76.2 Å². The number of morpholine rings is 1. The Morgan fingerprint density at radius 3 is 2.69 bits per heavy atom. The van der Waals surface area contributed by atoms with Crippen LogP contribution in [0.3, 0.4) is 0 Å². The van der Waals surface area contributed by atoms with E-state index in [0.717, 1.165) is 32.4 Å². The van der Waals surface area contributed by atoms with Crippen molar-refractivity contribution in [2.24, 2.45) is 5.92 Å². The van der Waals surface area contributed by atoms with Crippen LogP contribution < -0.4 is 4.74 Å². The van der Waals surface area contributed by atoms with Gasteiger partial charge in [-0.05, 0) is 57.4 Å². The Morgan fingerprint density at radius 2 is 2.03 bits per heavy atom. The van der Waals surface area contributed by atoms with Gasteiger partial charge in [-0.25, -0.2) is 0 Å². The number of thioether (sulfide) groups is 1. The molecule has 9 heteroatoms. The Balaban J connectivity index is 1.67. The minimum atomic E-state index is -0.446. The molecule has 0 saturated carbocycles. The van der Waals surface area contributed by atoms with Crippen LogP contribution in [0.15, 0.2) is 27.6 Å². The Morgan fingerprint density at radius 1 is 1.31 bits per heavy atom. The van der Waals surface area contributed by atoms with Gasteiger partial charge < -0.3 is 14.4 Å². The molecule has 0 radical (unpaired) electrons. The van der Waals surface area contributed by atoms with Crippen LogP contribution in [-0.2, 0) is 14.3 Å². The highest BCUT2D eigenvalue weighted by atomic mass is 79.9. The van der Waals surface area contributed by atoms with Crippen LogP contribution in [0.1, 0.15) is 19.4 Å². The molecule has 2 aliphatic rings. The predicted octanol–water partition coefficient (Wildman–Crippen LogP) is 3.38. The van der Waals surface area contributed by atoms with Crippen LogP contribution in [0.5, 0.6) is 5.75 Å². The van der Waals surface area contributed by atoms with Crippen LogP contribution in [0.25, 0.3) is 6.08 Å². The molecule has 2 heterocycles. The second-order valence-electron chi connectivity index (χ2n) is 7.16. The molecule has 0 bridgehead atoms. The maximum absolute atomic E-state index is 12.7. The van der Waals surface area contributed by atoms with Crippen LogP contribution in [-0.4, -0.2) is 66.3 Å². The quantitative estimate of drug-likeness (QED) is 0.578. The molecule has 0 spiro atoms. The fraction of sp³-hybridized carbons (Fsp3) is 0.450. The van der Waals surface area contributed by atoms with Gasteiger partial charge in [-0.15, -0.1) is 0 Å². The largest absolute Gasteiger partial charge is 0.492 e. The second-order valence-corrected chi connectivity index (χ2v) is 9.00. The van der Waals surface area contributed by atoms with Crippen LogP contribution in [0.4, 0.5) is 4.79 Å². The third kappa shape index (κ3) is 5.61. The summed E-state index contributed by atoms with van der Waals surface area (Å²) in [7, 11) is 0. The molecule has 156 valence electrons. The van der Waals surface area contributed by atoms with E-state index in [0.29, 0.717) is 43.7 Å². The van der Waals surface area contributed by atoms with Crippen molar-refractivity contribution in [1.29, 1.82) is 0 Å². The summed E-state index contributed by atoms with van der Waals surface area (Å²) in [6.07, 6.45) is 1.65. The van der Waals surface area contributed by atoms with Gasteiger partial charge in [0.1, 0.15) is 12.3 Å². The van der Waals surface area contributed by atoms with E-state index in [1.807, 2.05) is 18.2 Å².